The molecule has 0 N–H and O–H groups in total. The minimum absolute atomic E-state index is 0.107. The molecule has 1 unspecified atom stereocenters. The van der Waals surface area contributed by atoms with E-state index in [2.05, 4.69) is 16.8 Å². The van der Waals surface area contributed by atoms with Crippen LogP contribution in [0.3, 0.4) is 0 Å². The Morgan fingerprint density at radius 3 is 2.78 bits per heavy atom. The minimum Gasteiger partial charge on any atom is -0.368 e. The second-order valence-electron chi connectivity index (χ2n) is 8.40. The molecule has 27 heavy (non-hydrogen) atoms. The van der Waals surface area contributed by atoms with E-state index in [0.717, 1.165) is 57.2 Å². The molecule has 0 aliphatic carbocycles. The lowest BCUT2D eigenvalue weighted by molar-refractivity contribution is -0.150. The first-order valence-corrected chi connectivity index (χ1v) is 10.5. The van der Waals surface area contributed by atoms with Crippen LogP contribution < -0.4 is 0 Å². The molecule has 4 rings (SSSR count). The highest BCUT2D eigenvalue weighted by Gasteiger charge is 2.46. The van der Waals surface area contributed by atoms with E-state index < -0.39 is 0 Å². The molecule has 0 saturated carbocycles. The lowest BCUT2D eigenvalue weighted by atomic mass is 9.86. The number of rotatable bonds is 2. The van der Waals surface area contributed by atoms with Gasteiger partial charge in [0.05, 0.1) is 6.04 Å². The summed E-state index contributed by atoms with van der Waals surface area (Å²) >= 11 is 0. The minimum atomic E-state index is -0.294. The zero-order valence-corrected chi connectivity index (χ0v) is 16.3. The number of benzene rings is 1. The fraction of sp³-hybridized carbons (Fsp3) is 0.682. The largest absolute Gasteiger partial charge is 0.368 e. The van der Waals surface area contributed by atoms with Crippen LogP contribution >= 0.6 is 0 Å². The van der Waals surface area contributed by atoms with Crippen LogP contribution in [0, 0.1) is 5.82 Å². The lowest BCUT2D eigenvalue weighted by Crippen LogP contribution is -2.54. The highest BCUT2D eigenvalue weighted by molar-refractivity contribution is 5.81. The predicted octanol–water partition coefficient (Wildman–Crippen LogP) is 3.56. The van der Waals surface area contributed by atoms with E-state index in [4.69, 9.17) is 4.74 Å². The monoisotopic (exact) mass is 374 g/mol. The molecule has 5 heteroatoms. The van der Waals surface area contributed by atoms with Crippen molar-refractivity contribution in [1.82, 2.24) is 9.80 Å². The van der Waals surface area contributed by atoms with Gasteiger partial charge in [-0.1, -0.05) is 25.0 Å². The Bertz CT molecular complexity index is 661. The Hall–Kier alpha value is -1.46. The maximum absolute atomic E-state index is 13.9. The molecule has 3 aliphatic heterocycles. The molecular formula is C22H31FN2O2. The van der Waals surface area contributed by atoms with Crippen molar-refractivity contribution in [1.29, 1.82) is 0 Å². The summed E-state index contributed by atoms with van der Waals surface area (Å²) in [5.74, 6) is 0.114. The van der Waals surface area contributed by atoms with Gasteiger partial charge in [0.2, 0.25) is 0 Å². The Morgan fingerprint density at radius 2 is 2.00 bits per heavy atom. The van der Waals surface area contributed by atoms with Crippen molar-refractivity contribution in [3.05, 3.63) is 35.6 Å². The van der Waals surface area contributed by atoms with E-state index in [1.165, 1.54) is 12.5 Å². The number of hydrogen-bond acceptors (Lipinski definition) is 3. The van der Waals surface area contributed by atoms with Crippen LogP contribution in [0.1, 0.15) is 56.4 Å². The average Bonchev–Trinajstić information content (AvgIpc) is 2.98. The molecule has 3 saturated heterocycles. The van der Waals surface area contributed by atoms with Gasteiger partial charge in [-0.05, 0) is 56.8 Å². The number of nitrogens with zero attached hydrogens (tertiary/aromatic N) is 2. The summed E-state index contributed by atoms with van der Waals surface area (Å²) in [6.45, 7) is 2.35. The van der Waals surface area contributed by atoms with Crippen molar-refractivity contribution in [3.63, 3.8) is 0 Å². The average molecular weight is 375 g/mol. The highest BCUT2D eigenvalue weighted by Crippen LogP contribution is 2.39. The van der Waals surface area contributed by atoms with Crippen molar-refractivity contribution in [2.24, 2.45) is 0 Å². The zero-order valence-electron chi connectivity index (χ0n) is 16.3. The molecule has 1 amide bonds. The van der Waals surface area contributed by atoms with Crippen LogP contribution in [0.25, 0.3) is 0 Å². The SMILES string of the molecule is CN1C[C@@H](c2cccc(F)c2)[C@H]2[C@H]1CCCCCN2C(=O)C1CCCCO1. The van der Waals surface area contributed by atoms with E-state index in [9.17, 15) is 9.18 Å². The third kappa shape index (κ3) is 3.90. The number of likely N-dealkylation sites (N-methyl/N-ethyl adjacent to an activating group) is 1. The number of halogens is 1. The molecule has 148 valence electrons. The molecule has 3 fully saturated rings. The van der Waals surface area contributed by atoms with Gasteiger partial charge in [-0.15, -0.1) is 0 Å². The molecule has 1 aromatic rings. The molecule has 4 nitrogen and oxygen atoms in total. The molecule has 3 heterocycles. The van der Waals surface area contributed by atoms with E-state index in [-0.39, 0.29) is 29.8 Å². The molecule has 0 bridgehead atoms. The first-order valence-electron chi connectivity index (χ1n) is 10.5. The van der Waals surface area contributed by atoms with Crippen LogP contribution in [0.5, 0.6) is 0 Å². The number of hydrogen-bond donors (Lipinski definition) is 0. The van der Waals surface area contributed by atoms with Crippen LogP contribution in [0.2, 0.25) is 0 Å². The topological polar surface area (TPSA) is 32.8 Å². The van der Waals surface area contributed by atoms with Crippen LogP contribution in [-0.4, -0.2) is 60.6 Å². The van der Waals surface area contributed by atoms with Crippen LogP contribution in [0.4, 0.5) is 4.39 Å². The normalized spacial score (nSPS) is 32.6. The molecule has 0 aromatic heterocycles. The number of ether oxygens (including phenoxy) is 1. The van der Waals surface area contributed by atoms with Gasteiger partial charge in [0.1, 0.15) is 11.9 Å². The maximum atomic E-state index is 13.9. The van der Waals surface area contributed by atoms with Gasteiger partial charge in [0, 0.05) is 31.7 Å². The molecule has 0 spiro atoms. The summed E-state index contributed by atoms with van der Waals surface area (Å²) < 4.78 is 19.8. The fourth-order valence-corrected chi connectivity index (χ4v) is 5.28. The summed E-state index contributed by atoms with van der Waals surface area (Å²) in [7, 11) is 2.15. The van der Waals surface area contributed by atoms with Gasteiger partial charge in [-0.25, -0.2) is 4.39 Å². The number of carbonyl (C=O) groups excluding carboxylic acids is 1. The van der Waals surface area contributed by atoms with Gasteiger partial charge in [-0.2, -0.15) is 0 Å². The van der Waals surface area contributed by atoms with Crippen molar-refractivity contribution in [3.8, 4) is 0 Å². The van der Waals surface area contributed by atoms with E-state index >= 15 is 0 Å². The lowest BCUT2D eigenvalue weighted by Gasteiger charge is -2.41. The standard InChI is InChI=1S/C22H31FN2O2/c1-24-15-18(16-8-7-9-17(23)14-16)21-19(24)10-3-2-5-12-25(21)22(26)20-11-4-6-13-27-20/h7-9,14,18-21H,2-6,10-13,15H2,1H3/t18-,19+,20?,21-/m0/s1. The van der Waals surface area contributed by atoms with Crippen LogP contribution in [0.15, 0.2) is 24.3 Å². The first kappa shape index (κ1) is 18.9. The van der Waals surface area contributed by atoms with Crippen molar-refractivity contribution >= 4 is 5.91 Å². The summed E-state index contributed by atoms with van der Waals surface area (Å²) in [6.07, 6.45) is 7.14. The second kappa shape index (κ2) is 8.27. The maximum Gasteiger partial charge on any atom is 0.252 e. The Balaban J connectivity index is 1.66. The van der Waals surface area contributed by atoms with E-state index in [0.29, 0.717) is 12.6 Å². The molecule has 3 aliphatic rings. The Morgan fingerprint density at radius 1 is 1.15 bits per heavy atom. The fourth-order valence-electron chi connectivity index (χ4n) is 5.28. The smallest absolute Gasteiger partial charge is 0.252 e. The number of amides is 1. The van der Waals surface area contributed by atoms with Crippen molar-refractivity contribution in [2.45, 2.75) is 69.1 Å². The van der Waals surface area contributed by atoms with Gasteiger partial charge in [-0.3, -0.25) is 4.79 Å². The molecule has 1 aromatic carbocycles. The number of carbonyl (C=O) groups is 1. The number of likely N-dealkylation sites (tertiary alicyclic amines) is 2. The Kier molecular flexibility index (Phi) is 5.79. The van der Waals surface area contributed by atoms with Crippen molar-refractivity contribution in [2.75, 3.05) is 26.7 Å². The van der Waals surface area contributed by atoms with Crippen molar-refractivity contribution < 1.29 is 13.9 Å². The molecular weight excluding hydrogens is 343 g/mol. The third-order valence-corrected chi connectivity index (χ3v) is 6.63. The summed E-state index contributed by atoms with van der Waals surface area (Å²) in [4.78, 5) is 17.9. The first-order chi connectivity index (χ1) is 13.1. The van der Waals surface area contributed by atoms with Gasteiger partial charge in [0.25, 0.3) is 5.91 Å². The van der Waals surface area contributed by atoms with Gasteiger partial charge >= 0.3 is 0 Å². The predicted molar refractivity (Wildman–Crippen MR) is 103 cm³/mol. The number of fused-ring (bicyclic) bond motifs is 1. The van der Waals surface area contributed by atoms with Crippen LogP contribution in [-0.2, 0) is 9.53 Å². The molecule has 4 atom stereocenters. The quantitative estimate of drug-likeness (QED) is 0.793. The highest BCUT2D eigenvalue weighted by atomic mass is 19.1. The molecule has 0 radical (unpaired) electrons. The van der Waals surface area contributed by atoms with E-state index in [1.54, 1.807) is 12.1 Å². The van der Waals surface area contributed by atoms with Gasteiger partial charge in [0.15, 0.2) is 0 Å². The summed E-state index contributed by atoms with van der Waals surface area (Å²) in [5.41, 5.74) is 1.01. The summed E-state index contributed by atoms with van der Waals surface area (Å²) in [6, 6.07) is 7.40. The summed E-state index contributed by atoms with van der Waals surface area (Å²) in [5, 5.41) is 0. The van der Waals surface area contributed by atoms with E-state index in [1.807, 2.05) is 6.07 Å². The second-order valence-corrected chi connectivity index (χ2v) is 8.40. The zero-order chi connectivity index (χ0) is 18.8. The Labute approximate surface area is 161 Å². The third-order valence-electron chi connectivity index (χ3n) is 6.63. The van der Waals surface area contributed by atoms with Gasteiger partial charge < -0.3 is 14.5 Å².